The number of nitrogens with zero attached hydrogens (tertiary/aromatic N) is 4. The number of likely N-dealkylation sites (N-methyl/N-ethyl adjacent to an activating group) is 1. The summed E-state index contributed by atoms with van der Waals surface area (Å²) < 4.78 is 2.17. The highest BCUT2D eigenvalue weighted by molar-refractivity contribution is 5.83. The molecule has 1 atom stereocenters. The Labute approximate surface area is 149 Å². The van der Waals surface area contributed by atoms with E-state index in [4.69, 9.17) is 0 Å². The van der Waals surface area contributed by atoms with Crippen molar-refractivity contribution in [3.05, 3.63) is 47.0 Å². The molecule has 1 aliphatic heterocycles. The van der Waals surface area contributed by atoms with Gasteiger partial charge in [-0.15, -0.1) is 10.2 Å². The summed E-state index contributed by atoms with van der Waals surface area (Å²) in [4.78, 5) is 14.8. The van der Waals surface area contributed by atoms with E-state index in [2.05, 4.69) is 26.1 Å². The number of rotatable bonds is 5. The number of benzene rings is 1. The second-order valence-electron chi connectivity index (χ2n) is 6.99. The van der Waals surface area contributed by atoms with Gasteiger partial charge in [0.05, 0.1) is 6.54 Å². The Morgan fingerprint density at radius 3 is 2.88 bits per heavy atom. The van der Waals surface area contributed by atoms with Crippen LogP contribution in [0, 0.1) is 6.92 Å². The van der Waals surface area contributed by atoms with Gasteiger partial charge in [0.25, 0.3) is 0 Å². The zero-order chi connectivity index (χ0) is 17.8. The van der Waals surface area contributed by atoms with E-state index in [0.29, 0.717) is 6.54 Å². The normalized spacial score (nSPS) is 15.5. The van der Waals surface area contributed by atoms with E-state index in [9.17, 15) is 4.79 Å². The lowest BCUT2D eigenvalue weighted by Gasteiger charge is -2.24. The molecule has 0 fully saturated rings. The Morgan fingerprint density at radius 2 is 2.12 bits per heavy atom. The summed E-state index contributed by atoms with van der Waals surface area (Å²) in [7, 11) is 3.85. The maximum atomic E-state index is 12.8. The first-order chi connectivity index (χ1) is 12.1. The van der Waals surface area contributed by atoms with Crippen LogP contribution >= 0.6 is 0 Å². The third-order valence-electron chi connectivity index (χ3n) is 4.73. The smallest absolute Gasteiger partial charge is 0.242 e. The van der Waals surface area contributed by atoms with Gasteiger partial charge in [0.2, 0.25) is 5.91 Å². The second-order valence-corrected chi connectivity index (χ2v) is 6.99. The Hall–Kier alpha value is -2.21. The van der Waals surface area contributed by atoms with Crippen LogP contribution in [-0.2, 0) is 24.3 Å². The lowest BCUT2D eigenvalue weighted by Crippen LogP contribution is -2.37. The number of aryl methyl sites for hydroxylation is 2. The summed E-state index contributed by atoms with van der Waals surface area (Å²) >= 11 is 0. The molecule has 134 valence electrons. The zero-order valence-corrected chi connectivity index (χ0v) is 15.3. The fourth-order valence-corrected chi connectivity index (χ4v) is 3.46. The first kappa shape index (κ1) is 17.6. The summed E-state index contributed by atoms with van der Waals surface area (Å²) in [6.07, 6.45) is 4.52. The molecule has 6 heteroatoms. The number of hydrogen-bond donors (Lipinski definition) is 1. The molecule has 1 aliphatic rings. The van der Waals surface area contributed by atoms with Gasteiger partial charge in [-0.3, -0.25) is 9.69 Å². The van der Waals surface area contributed by atoms with Gasteiger partial charge in [0, 0.05) is 13.0 Å². The molecule has 1 amide bonds. The highest BCUT2D eigenvalue weighted by Gasteiger charge is 2.23. The molecule has 0 saturated carbocycles. The van der Waals surface area contributed by atoms with Gasteiger partial charge in [-0.1, -0.05) is 36.2 Å². The summed E-state index contributed by atoms with van der Waals surface area (Å²) in [5, 5.41) is 11.6. The van der Waals surface area contributed by atoms with Crippen LogP contribution in [0.15, 0.2) is 24.3 Å². The molecule has 0 unspecified atom stereocenters. The van der Waals surface area contributed by atoms with Crippen LogP contribution in [0.3, 0.4) is 0 Å². The predicted octanol–water partition coefficient (Wildman–Crippen LogP) is 2.23. The molecule has 3 rings (SSSR count). The fourth-order valence-electron chi connectivity index (χ4n) is 3.46. The average molecular weight is 341 g/mol. The van der Waals surface area contributed by atoms with Gasteiger partial charge in [-0.05, 0) is 39.4 Å². The highest BCUT2D eigenvalue weighted by atomic mass is 16.2. The Morgan fingerprint density at radius 1 is 1.28 bits per heavy atom. The molecular formula is C19H27N5O. The quantitative estimate of drug-likeness (QED) is 0.906. The highest BCUT2D eigenvalue weighted by Crippen LogP contribution is 2.20. The Bertz CT molecular complexity index is 737. The summed E-state index contributed by atoms with van der Waals surface area (Å²) in [5.41, 5.74) is 2.16. The first-order valence-corrected chi connectivity index (χ1v) is 8.98. The second kappa shape index (κ2) is 7.78. The van der Waals surface area contributed by atoms with Crippen LogP contribution < -0.4 is 5.32 Å². The van der Waals surface area contributed by atoms with E-state index in [1.807, 2.05) is 44.1 Å². The standard InChI is InChI=1S/C19H27N5O/c1-14-8-7-9-15(12-14)18(23(2)3)19(25)20-13-17-22-21-16-10-5-4-6-11-24(16)17/h7-9,12,18H,4-6,10-11,13H2,1-3H3,(H,20,25)/t18-/m1/s1. The molecule has 1 N–H and O–H groups in total. The molecule has 2 heterocycles. The molecule has 1 aromatic carbocycles. The molecule has 0 radical (unpaired) electrons. The number of fused-ring (bicyclic) bond motifs is 1. The van der Waals surface area contributed by atoms with Crippen LogP contribution in [0.2, 0.25) is 0 Å². The van der Waals surface area contributed by atoms with Crippen molar-refractivity contribution >= 4 is 5.91 Å². The van der Waals surface area contributed by atoms with Gasteiger partial charge >= 0.3 is 0 Å². The monoisotopic (exact) mass is 341 g/mol. The molecule has 0 spiro atoms. The predicted molar refractivity (Wildman–Crippen MR) is 97.0 cm³/mol. The van der Waals surface area contributed by atoms with Crippen LogP contribution in [0.25, 0.3) is 0 Å². The number of aromatic nitrogens is 3. The minimum absolute atomic E-state index is 0.0124. The van der Waals surface area contributed by atoms with Crippen LogP contribution in [-0.4, -0.2) is 39.7 Å². The number of nitrogens with one attached hydrogen (secondary N) is 1. The van der Waals surface area contributed by atoms with Crippen molar-refractivity contribution in [2.24, 2.45) is 0 Å². The molecule has 0 aliphatic carbocycles. The van der Waals surface area contributed by atoms with Gasteiger partial charge < -0.3 is 9.88 Å². The molecular weight excluding hydrogens is 314 g/mol. The number of hydrogen-bond acceptors (Lipinski definition) is 4. The van der Waals surface area contributed by atoms with Crippen molar-refractivity contribution in [3.8, 4) is 0 Å². The summed E-state index contributed by atoms with van der Waals surface area (Å²) in [5.74, 6) is 1.89. The topological polar surface area (TPSA) is 63.1 Å². The third kappa shape index (κ3) is 4.07. The zero-order valence-electron chi connectivity index (χ0n) is 15.3. The lowest BCUT2D eigenvalue weighted by molar-refractivity contribution is -0.126. The van der Waals surface area contributed by atoms with Crippen LogP contribution in [0.4, 0.5) is 0 Å². The largest absolute Gasteiger partial charge is 0.347 e. The lowest BCUT2D eigenvalue weighted by atomic mass is 10.0. The molecule has 0 saturated heterocycles. The number of amides is 1. The van der Waals surface area contributed by atoms with E-state index in [1.54, 1.807) is 0 Å². The maximum absolute atomic E-state index is 12.8. The van der Waals surface area contributed by atoms with Crippen molar-refractivity contribution in [1.29, 1.82) is 0 Å². The number of carbonyl (C=O) groups is 1. The Kier molecular flexibility index (Phi) is 5.48. The van der Waals surface area contributed by atoms with E-state index < -0.39 is 0 Å². The van der Waals surface area contributed by atoms with Gasteiger partial charge in [-0.2, -0.15) is 0 Å². The van der Waals surface area contributed by atoms with E-state index in [1.165, 1.54) is 12.8 Å². The minimum Gasteiger partial charge on any atom is -0.347 e. The van der Waals surface area contributed by atoms with E-state index in [-0.39, 0.29) is 11.9 Å². The Balaban J connectivity index is 1.71. The van der Waals surface area contributed by atoms with Crippen molar-refractivity contribution in [2.75, 3.05) is 14.1 Å². The SMILES string of the molecule is Cc1cccc([C@H](C(=O)NCc2nnc3n2CCCCC3)N(C)C)c1. The number of carbonyl (C=O) groups excluding carboxylic acids is 1. The fraction of sp³-hybridized carbons (Fsp3) is 0.526. The van der Waals surface area contributed by atoms with Crippen molar-refractivity contribution in [2.45, 2.75) is 51.7 Å². The summed E-state index contributed by atoms with van der Waals surface area (Å²) in [6, 6.07) is 7.78. The molecule has 6 nitrogen and oxygen atoms in total. The average Bonchev–Trinajstić information content (AvgIpc) is 2.79. The van der Waals surface area contributed by atoms with E-state index in [0.717, 1.165) is 42.2 Å². The maximum Gasteiger partial charge on any atom is 0.242 e. The van der Waals surface area contributed by atoms with Crippen LogP contribution in [0.1, 0.15) is 48.1 Å². The molecule has 1 aromatic heterocycles. The van der Waals surface area contributed by atoms with Gasteiger partial charge in [0.1, 0.15) is 11.9 Å². The van der Waals surface area contributed by atoms with Crippen molar-refractivity contribution < 1.29 is 4.79 Å². The van der Waals surface area contributed by atoms with E-state index >= 15 is 0 Å². The minimum atomic E-state index is -0.313. The van der Waals surface area contributed by atoms with Crippen molar-refractivity contribution in [1.82, 2.24) is 25.0 Å². The third-order valence-corrected chi connectivity index (χ3v) is 4.73. The van der Waals surface area contributed by atoms with Crippen molar-refractivity contribution in [3.63, 3.8) is 0 Å². The first-order valence-electron chi connectivity index (χ1n) is 8.98. The molecule has 0 bridgehead atoms. The van der Waals surface area contributed by atoms with Gasteiger partial charge in [0.15, 0.2) is 5.82 Å². The molecule has 2 aromatic rings. The van der Waals surface area contributed by atoms with Gasteiger partial charge in [-0.25, -0.2) is 0 Å². The summed E-state index contributed by atoms with van der Waals surface area (Å²) in [6.45, 7) is 3.41. The van der Waals surface area contributed by atoms with Crippen LogP contribution in [0.5, 0.6) is 0 Å². The molecule has 25 heavy (non-hydrogen) atoms.